The SMILES string of the molecule is c1ccc(-c2cc(-c3ccccc3)nc(-c3ccc(-c4nc5cc6c(cc5s4)Oc4ccccc4N6c4ccccc4)cc3)n2)cc1. The molecular formula is C41H26N4OS. The number of aromatic nitrogens is 3. The Morgan fingerprint density at radius 2 is 1.06 bits per heavy atom. The number of nitrogens with zero attached hydrogens (tertiary/aromatic N) is 4. The fourth-order valence-corrected chi connectivity index (χ4v) is 6.99. The molecule has 0 saturated heterocycles. The van der Waals surface area contributed by atoms with E-state index in [2.05, 4.69) is 102 Å². The predicted molar refractivity (Wildman–Crippen MR) is 192 cm³/mol. The number of rotatable bonds is 5. The lowest BCUT2D eigenvalue weighted by atomic mass is 10.1. The van der Waals surface area contributed by atoms with Gasteiger partial charge < -0.3 is 9.64 Å². The van der Waals surface area contributed by atoms with Crippen LogP contribution in [0.25, 0.3) is 54.7 Å². The third-order valence-electron chi connectivity index (χ3n) is 8.31. The van der Waals surface area contributed by atoms with Crippen LogP contribution in [-0.4, -0.2) is 15.0 Å². The number of anilines is 3. The molecule has 0 amide bonds. The van der Waals surface area contributed by atoms with Gasteiger partial charge in [0.2, 0.25) is 0 Å². The van der Waals surface area contributed by atoms with Crippen molar-refractivity contribution in [2.45, 2.75) is 0 Å². The van der Waals surface area contributed by atoms with Crippen molar-refractivity contribution in [3.05, 3.63) is 158 Å². The zero-order valence-electron chi connectivity index (χ0n) is 25.1. The molecule has 222 valence electrons. The van der Waals surface area contributed by atoms with E-state index in [0.717, 1.165) is 77.4 Å². The van der Waals surface area contributed by atoms with Crippen LogP contribution in [0.4, 0.5) is 17.1 Å². The molecule has 0 unspecified atom stereocenters. The zero-order valence-corrected chi connectivity index (χ0v) is 25.9. The summed E-state index contributed by atoms with van der Waals surface area (Å²) in [5.41, 5.74) is 9.87. The van der Waals surface area contributed by atoms with Gasteiger partial charge in [-0.2, -0.15) is 0 Å². The average molecular weight is 623 g/mol. The van der Waals surface area contributed by atoms with E-state index in [1.54, 1.807) is 11.3 Å². The van der Waals surface area contributed by atoms with Crippen LogP contribution in [0.5, 0.6) is 11.5 Å². The van der Waals surface area contributed by atoms with Gasteiger partial charge in [-0.1, -0.05) is 115 Å². The lowest BCUT2D eigenvalue weighted by Crippen LogP contribution is -2.15. The predicted octanol–water partition coefficient (Wildman–Crippen LogP) is 11.3. The summed E-state index contributed by atoms with van der Waals surface area (Å²) in [6.07, 6.45) is 0. The Morgan fingerprint density at radius 3 is 1.74 bits per heavy atom. The molecule has 6 aromatic carbocycles. The molecule has 0 fully saturated rings. The molecule has 3 heterocycles. The quantitative estimate of drug-likeness (QED) is 0.191. The summed E-state index contributed by atoms with van der Waals surface area (Å²) in [6, 6.07) is 53.7. The monoisotopic (exact) mass is 622 g/mol. The Labute approximate surface area is 276 Å². The molecule has 5 nitrogen and oxygen atoms in total. The second-order valence-corrected chi connectivity index (χ2v) is 12.3. The summed E-state index contributed by atoms with van der Waals surface area (Å²) in [6.45, 7) is 0. The third-order valence-corrected chi connectivity index (χ3v) is 9.37. The summed E-state index contributed by atoms with van der Waals surface area (Å²) in [5, 5.41) is 0.946. The van der Waals surface area contributed by atoms with Crippen molar-refractivity contribution in [2.24, 2.45) is 0 Å². The van der Waals surface area contributed by atoms with Gasteiger partial charge in [-0.15, -0.1) is 11.3 Å². The molecule has 1 aliphatic rings. The largest absolute Gasteiger partial charge is 0.453 e. The molecule has 6 heteroatoms. The first kappa shape index (κ1) is 27.2. The van der Waals surface area contributed by atoms with Crippen LogP contribution in [-0.2, 0) is 0 Å². The molecule has 0 radical (unpaired) electrons. The summed E-state index contributed by atoms with van der Waals surface area (Å²) in [7, 11) is 0. The summed E-state index contributed by atoms with van der Waals surface area (Å²) < 4.78 is 7.49. The van der Waals surface area contributed by atoms with Crippen molar-refractivity contribution >= 4 is 38.6 Å². The molecular weight excluding hydrogens is 597 g/mol. The summed E-state index contributed by atoms with van der Waals surface area (Å²) in [4.78, 5) is 17.3. The van der Waals surface area contributed by atoms with Gasteiger partial charge in [0.1, 0.15) is 5.01 Å². The highest BCUT2D eigenvalue weighted by atomic mass is 32.1. The molecule has 0 atom stereocenters. The van der Waals surface area contributed by atoms with E-state index in [1.807, 2.05) is 60.7 Å². The fourth-order valence-electron chi connectivity index (χ4n) is 6.01. The van der Waals surface area contributed by atoms with E-state index in [4.69, 9.17) is 19.7 Å². The van der Waals surface area contributed by atoms with Gasteiger partial charge in [-0.3, -0.25) is 0 Å². The number of para-hydroxylation sites is 3. The lowest BCUT2D eigenvalue weighted by molar-refractivity contribution is 0.478. The van der Waals surface area contributed by atoms with Crippen molar-refractivity contribution < 1.29 is 4.74 Å². The Morgan fingerprint density at radius 1 is 0.468 bits per heavy atom. The second kappa shape index (κ2) is 11.4. The molecule has 0 aliphatic carbocycles. The van der Waals surface area contributed by atoms with Crippen molar-refractivity contribution in [1.82, 2.24) is 15.0 Å². The van der Waals surface area contributed by atoms with Gasteiger partial charge in [-0.25, -0.2) is 15.0 Å². The van der Waals surface area contributed by atoms with E-state index in [-0.39, 0.29) is 0 Å². The number of fused-ring (bicyclic) bond motifs is 3. The van der Waals surface area contributed by atoms with Gasteiger partial charge in [0.05, 0.1) is 33.0 Å². The molecule has 2 aromatic heterocycles. The molecule has 0 spiro atoms. The fraction of sp³-hybridized carbons (Fsp3) is 0. The van der Waals surface area contributed by atoms with E-state index in [1.165, 1.54) is 0 Å². The number of benzene rings is 6. The van der Waals surface area contributed by atoms with Crippen molar-refractivity contribution in [1.29, 1.82) is 0 Å². The maximum Gasteiger partial charge on any atom is 0.160 e. The number of ether oxygens (including phenoxy) is 1. The first-order chi connectivity index (χ1) is 23.3. The van der Waals surface area contributed by atoms with Crippen LogP contribution < -0.4 is 9.64 Å². The van der Waals surface area contributed by atoms with Crippen LogP contribution >= 0.6 is 11.3 Å². The van der Waals surface area contributed by atoms with Gasteiger partial charge in [0, 0.05) is 34.0 Å². The van der Waals surface area contributed by atoms with Crippen LogP contribution in [0.2, 0.25) is 0 Å². The summed E-state index contributed by atoms with van der Waals surface area (Å²) in [5.74, 6) is 2.33. The highest BCUT2D eigenvalue weighted by molar-refractivity contribution is 7.21. The van der Waals surface area contributed by atoms with Gasteiger partial charge in [0.25, 0.3) is 0 Å². The lowest BCUT2D eigenvalue weighted by Gasteiger charge is -2.32. The molecule has 0 bridgehead atoms. The van der Waals surface area contributed by atoms with Crippen LogP contribution in [0.1, 0.15) is 0 Å². The van der Waals surface area contributed by atoms with Gasteiger partial charge >= 0.3 is 0 Å². The average Bonchev–Trinajstić information content (AvgIpc) is 3.57. The minimum atomic E-state index is 0.687. The van der Waals surface area contributed by atoms with Gasteiger partial charge in [0.15, 0.2) is 17.3 Å². The van der Waals surface area contributed by atoms with Crippen molar-refractivity contribution in [3.63, 3.8) is 0 Å². The Kier molecular flexibility index (Phi) is 6.58. The smallest absolute Gasteiger partial charge is 0.160 e. The minimum Gasteiger partial charge on any atom is -0.453 e. The van der Waals surface area contributed by atoms with E-state index < -0.39 is 0 Å². The molecule has 8 aromatic rings. The van der Waals surface area contributed by atoms with Crippen molar-refractivity contribution in [2.75, 3.05) is 4.90 Å². The zero-order chi connectivity index (χ0) is 31.2. The van der Waals surface area contributed by atoms with Gasteiger partial charge in [-0.05, 0) is 36.4 Å². The number of hydrogen-bond donors (Lipinski definition) is 0. The van der Waals surface area contributed by atoms with Crippen molar-refractivity contribution in [3.8, 4) is 56.0 Å². The van der Waals surface area contributed by atoms with Crippen LogP contribution in [0.3, 0.4) is 0 Å². The normalized spacial score (nSPS) is 12.0. The highest BCUT2D eigenvalue weighted by Gasteiger charge is 2.27. The highest BCUT2D eigenvalue weighted by Crippen LogP contribution is 2.52. The van der Waals surface area contributed by atoms with E-state index >= 15 is 0 Å². The Bertz CT molecular complexity index is 2320. The number of thiazole rings is 1. The number of hydrogen-bond acceptors (Lipinski definition) is 6. The second-order valence-electron chi connectivity index (χ2n) is 11.3. The van der Waals surface area contributed by atoms with Crippen LogP contribution in [0.15, 0.2) is 158 Å². The molecule has 1 aliphatic heterocycles. The Hall–Kier alpha value is -6.11. The van der Waals surface area contributed by atoms with E-state index in [9.17, 15) is 0 Å². The topological polar surface area (TPSA) is 51.1 Å². The van der Waals surface area contributed by atoms with Crippen LogP contribution in [0, 0.1) is 0 Å². The third kappa shape index (κ3) is 5.01. The minimum absolute atomic E-state index is 0.687. The Balaban J connectivity index is 1.09. The summed E-state index contributed by atoms with van der Waals surface area (Å²) >= 11 is 1.66. The molecule has 0 saturated carbocycles. The van der Waals surface area contributed by atoms with E-state index in [0.29, 0.717) is 5.82 Å². The molecule has 0 N–H and O–H groups in total. The maximum absolute atomic E-state index is 6.42. The first-order valence-corrected chi connectivity index (χ1v) is 16.3. The molecule has 47 heavy (non-hydrogen) atoms. The first-order valence-electron chi connectivity index (χ1n) is 15.4. The molecule has 9 rings (SSSR count). The maximum atomic E-state index is 6.42. The standard InChI is InChI=1S/C41H26N4OS/c1-4-12-27(13-5-1)32-24-33(28-14-6-2-7-15-28)43-40(42-32)29-20-22-30(23-21-29)41-44-34-25-36-38(26-39(34)47-41)46-37-19-11-10-18-35(37)45(36)31-16-8-3-9-17-31/h1-26H.